The molecule has 1 N–H and O–H groups in total. The van der Waals surface area contributed by atoms with Crippen molar-refractivity contribution in [2.75, 3.05) is 0 Å². The lowest BCUT2D eigenvalue weighted by molar-refractivity contribution is -0.136. The zero-order valence-corrected chi connectivity index (χ0v) is 13.0. The molecule has 0 aliphatic carbocycles. The number of carboxylic acids is 1. The normalized spacial score (nSPS) is 12.1. The average molecular weight is 353 g/mol. The number of benzene rings is 2. The fraction of sp³-hybridized carbons (Fsp3) is 0.133. The second kappa shape index (κ2) is 6.81. The van der Waals surface area contributed by atoms with Gasteiger partial charge in [-0.25, -0.2) is 0 Å². The molecule has 2 aromatic rings. The van der Waals surface area contributed by atoms with E-state index in [1.807, 2.05) is 36.4 Å². The minimum atomic E-state index is -1.13. The molecule has 0 spiro atoms. The number of hydrogen-bond acceptors (Lipinski definition) is 2. The Morgan fingerprint density at radius 3 is 2.25 bits per heavy atom. The SMILES string of the molecule is O=C(O)Cc1ccc(CS(=O)c2ccccc2Br)cc1. The number of carbonyl (C=O) groups is 1. The number of carboxylic acid groups (broad SMARTS) is 1. The van der Waals surface area contributed by atoms with E-state index in [0.29, 0.717) is 5.75 Å². The van der Waals surface area contributed by atoms with Crippen molar-refractivity contribution in [1.82, 2.24) is 0 Å². The summed E-state index contributed by atoms with van der Waals surface area (Å²) in [5, 5.41) is 8.71. The third-order valence-corrected chi connectivity index (χ3v) is 5.15. The van der Waals surface area contributed by atoms with Crippen molar-refractivity contribution in [2.45, 2.75) is 17.1 Å². The van der Waals surface area contributed by atoms with Crippen molar-refractivity contribution in [2.24, 2.45) is 0 Å². The van der Waals surface area contributed by atoms with Crippen molar-refractivity contribution in [3.63, 3.8) is 0 Å². The standard InChI is InChI=1S/C15H13BrO3S/c16-13-3-1-2-4-14(13)20(19)10-12-7-5-11(6-8-12)9-15(17)18/h1-8H,9-10H2,(H,17,18). The van der Waals surface area contributed by atoms with Crippen LogP contribution in [0.5, 0.6) is 0 Å². The van der Waals surface area contributed by atoms with Crippen molar-refractivity contribution in [3.05, 3.63) is 64.1 Å². The van der Waals surface area contributed by atoms with Crippen LogP contribution < -0.4 is 0 Å². The molecular weight excluding hydrogens is 340 g/mol. The Bertz CT molecular complexity index is 638. The fourth-order valence-electron chi connectivity index (χ4n) is 1.79. The lowest BCUT2D eigenvalue weighted by Crippen LogP contribution is -2.01. The highest BCUT2D eigenvalue weighted by Crippen LogP contribution is 2.22. The van der Waals surface area contributed by atoms with Crippen LogP contribution in [-0.4, -0.2) is 15.3 Å². The number of halogens is 1. The molecule has 0 saturated heterocycles. The molecule has 2 aromatic carbocycles. The summed E-state index contributed by atoms with van der Waals surface area (Å²) in [5.41, 5.74) is 1.67. The van der Waals surface area contributed by atoms with Crippen LogP contribution in [0.1, 0.15) is 11.1 Å². The highest BCUT2D eigenvalue weighted by molar-refractivity contribution is 9.10. The van der Waals surface area contributed by atoms with Crippen molar-refractivity contribution in [1.29, 1.82) is 0 Å². The summed E-state index contributed by atoms with van der Waals surface area (Å²) in [6.07, 6.45) is 0.00754. The highest BCUT2D eigenvalue weighted by atomic mass is 79.9. The second-order valence-electron chi connectivity index (χ2n) is 4.31. The first-order chi connectivity index (χ1) is 9.56. The van der Waals surface area contributed by atoms with Gasteiger partial charge in [0.25, 0.3) is 0 Å². The zero-order valence-electron chi connectivity index (χ0n) is 10.6. The predicted octanol–water partition coefficient (Wildman–Crippen LogP) is 3.38. The Kier molecular flexibility index (Phi) is 5.09. The molecule has 1 unspecified atom stereocenters. The number of rotatable bonds is 5. The van der Waals surface area contributed by atoms with Crippen LogP contribution in [-0.2, 0) is 27.8 Å². The Morgan fingerprint density at radius 1 is 1.05 bits per heavy atom. The van der Waals surface area contributed by atoms with E-state index in [1.54, 1.807) is 12.1 Å². The lowest BCUT2D eigenvalue weighted by Gasteiger charge is -2.05. The number of aliphatic carboxylic acids is 1. The highest BCUT2D eigenvalue weighted by Gasteiger charge is 2.09. The van der Waals surface area contributed by atoms with Gasteiger partial charge in [0.1, 0.15) is 0 Å². The maximum Gasteiger partial charge on any atom is 0.307 e. The van der Waals surface area contributed by atoms with Crippen LogP contribution in [0.25, 0.3) is 0 Å². The third-order valence-electron chi connectivity index (χ3n) is 2.76. The van der Waals surface area contributed by atoms with Gasteiger partial charge < -0.3 is 5.11 Å². The van der Waals surface area contributed by atoms with E-state index in [0.717, 1.165) is 20.5 Å². The van der Waals surface area contributed by atoms with Gasteiger partial charge in [0, 0.05) is 4.47 Å². The van der Waals surface area contributed by atoms with E-state index >= 15 is 0 Å². The Morgan fingerprint density at radius 2 is 1.65 bits per heavy atom. The molecule has 0 amide bonds. The first-order valence-corrected chi connectivity index (χ1v) is 8.10. The first kappa shape index (κ1) is 14.9. The van der Waals surface area contributed by atoms with Crippen LogP contribution in [0.4, 0.5) is 0 Å². The molecular formula is C15H13BrO3S. The molecule has 3 nitrogen and oxygen atoms in total. The van der Waals surface area contributed by atoms with E-state index in [9.17, 15) is 9.00 Å². The summed E-state index contributed by atoms with van der Waals surface area (Å²) in [4.78, 5) is 11.4. The van der Waals surface area contributed by atoms with E-state index in [1.165, 1.54) is 0 Å². The summed E-state index contributed by atoms with van der Waals surface area (Å²) in [7, 11) is -1.13. The second-order valence-corrected chi connectivity index (χ2v) is 6.58. The van der Waals surface area contributed by atoms with Crippen LogP contribution in [0.2, 0.25) is 0 Å². The van der Waals surface area contributed by atoms with Crippen LogP contribution in [0.3, 0.4) is 0 Å². The maximum atomic E-state index is 12.3. The molecule has 0 bridgehead atoms. The van der Waals surface area contributed by atoms with Gasteiger partial charge in [0.2, 0.25) is 0 Å². The van der Waals surface area contributed by atoms with Gasteiger partial charge in [-0.05, 0) is 39.2 Å². The molecule has 0 fully saturated rings. The lowest BCUT2D eigenvalue weighted by atomic mass is 10.1. The Balaban J connectivity index is 2.09. The third kappa shape index (κ3) is 4.02. The van der Waals surface area contributed by atoms with Gasteiger partial charge in [-0.1, -0.05) is 36.4 Å². The molecule has 1 atom stereocenters. The van der Waals surface area contributed by atoms with Crippen molar-refractivity contribution < 1.29 is 14.1 Å². The summed E-state index contributed by atoms with van der Waals surface area (Å²) in [6.45, 7) is 0. The molecule has 0 aliphatic rings. The first-order valence-electron chi connectivity index (χ1n) is 5.99. The zero-order chi connectivity index (χ0) is 14.5. The Hall–Kier alpha value is -1.46. The van der Waals surface area contributed by atoms with E-state index in [4.69, 9.17) is 5.11 Å². The van der Waals surface area contributed by atoms with E-state index < -0.39 is 16.8 Å². The van der Waals surface area contributed by atoms with Crippen molar-refractivity contribution >= 4 is 32.7 Å². The largest absolute Gasteiger partial charge is 0.481 e. The monoisotopic (exact) mass is 352 g/mol. The van der Waals surface area contributed by atoms with E-state index in [2.05, 4.69) is 15.9 Å². The van der Waals surface area contributed by atoms with Crippen LogP contribution >= 0.6 is 15.9 Å². The van der Waals surface area contributed by atoms with E-state index in [-0.39, 0.29) is 6.42 Å². The molecule has 104 valence electrons. The average Bonchev–Trinajstić information content (AvgIpc) is 2.41. The molecule has 2 rings (SSSR count). The molecule has 0 saturated carbocycles. The summed E-state index contributed by atoms with van der Waals surface area (Å²) in [6, 6.07) is 14.6. The quantitative estimate of drug-likeness (QED) is 0.897. The molecule has 0 aliphatic heterocycles. The molecule has 0 aromatic heterocycles. The molecule has 0 heterocycles. The number of hydrogen-bond donors (Lipinski definition) is 1. The minimum absolute atomic E-state index is 0.00754. The topological polar surface area (TPSA) is 54.4 Å². The van der Waals surface area contributed by atoms with Crippen molar-refractivity contribution in [3.8, 4) is 0 Å². The fourth-order valence-corrected chi connectivity index (χ4v) is 3.78. The van der Waals surface area contributed by atoms with Crippen LogP contribution in [0, 0.1) is 0 Å². The molecule has 20 heavy (non-hydrogen) atoms. The van der Waals surface area contributed by atoms with Gasteiger partial charge in [-0.3, -0.25) is 9.00 Å². The maximum absolute atomic E-state index is 12.3. The van der Waals surface area contributed by atoms with Gasteiger partial charge >= 0.3 is 5.97 Å². The smallest absolute Gasteiger partial charge is 0.307 e. The summed E-state index contributed by atoms with van der Waals surface area (Å²) < 4.78 is 13.1. The minimum Gasteiger partial charge on any atom is -0.481 e. The summed E-state index contributed by atoms with van der Waals surface area (Å²) >= 11 is 3.39. The Labute approximate surface area is 128 Å². The van der Waals surface area contributed by atoms with Gasteiger partial charge in [0.15, 0.2) is 0 Å². The van der Waals surface area contributed by atoms with Crippen LogP contribution in [0.15, 0.2) is 57.9 Å². The van der Waals surface area contributed by atoms with Gasteiger partial charge in [-0.15, -0.1) is 0 Å². The summed E-state index contributed by atoms with van der Waals surface area (Å²) in [5.74, 6) is -0.440. The van der Waals surface area contributed by atoms with Gasteiger partial charge in [0.05, 0.1) is 27.9 Å². The molecule has 0 radical (unpaired) electrons. The molecule has 5 heteroatoms. The van der Waals surface area contributed by atoms with Gasteiger partial charge in [-0.2, -0.15) is 0 Å². The predicted molar refractivity (Wildman–Crippen MR) is 82.0 cm³/mol.